The number of fused-ring (bicyclic) bond motifs is 1. The Bertz CT molecular complexity index is 826. The molecule has 0 spiro atoms. The van der Waals surface area contributed by atoms with Crippen LogP contribution in [0.25, 0.3) is 0 Å². The molecular formula is C19H21F3N2O5S. The van der Waals surface area contributed by atoms with Gasteiger partial charge < -0.3 is 19.2 Å². The van der Waals surface area contributed by atoms with Crippen molar-refractivity contribution in [2.75, 3.05) is 32.8 Å². The number of likely N-dealkylation sites (tertiary alicyclic amines) is 1. The fraction of sp³-hybridized carbons (Fsp3) is 0.474. The summed E-state index contributed by atoms with van der Waals surface area (Å²) in [5.74, 6) is -2.00. The third kappa shape index (κ3) is 5.83. The highest BCUT2D eigenvalue weighted by atomic mass is 32.1. The van der Waals surface area contributed by atoms with E-state index in [9.17, 15) is 18.0 Å². The SMILES string of the molecule is O=C(O)C(F)(F)F.O=C(c1ccco1)N1CCO[C@@H]2CN(Cc3cccs3)C[C@@H]2C1. The van der Waals surface area contributed by atoms with Crippen LogP contribution < -0.4 is 0 Å². The topological polar surface area (TPSA) is 83.2 Å². The van der Waals surface area contributed by atoms with Gasteiger partial charge in [-0.1, -0.05) is 6.07 Å². The van der Waals surface area contributed by atoms with Gasteiger partial charge in [-0.05, 0) is 23.6 Å². The number of halogens is 3. The molecule has 2 aliphatic heterocycles. The van der Waals surface area contributed by atoms with Crippen molar-refractivity contribution < 1.29 is 37.0 Å². The van der Waals surface area contributed by atoms with Gasteiger partial charge in [0.05, 0.1) is 19.0 Å². The number of aliphatic carboxylic acids is 1. The predicted octanol–water partition coefficient (Wildman–Crippen LogP) is 2.95. The first kappa shape index (κ1) is 22.3. The van der Waals surface area contributed by atoms with Gasteiger partial charge in [0.25, 0.3) is 5.91 Å². The Labute approximate surface area is 174 Å². The lowest BCUT2D eigenvalue weighted by molar-refractivity contribution is -0.192. The van der Waals surface area contributed by atoms with E-state index in [1.807, 2.05) is 4.90 Å². The van der Waals surface area contributed by atoms with Gasteiger partial charge in [0.15, 0.2) is 5.76 Å². The summed E-state index contributed by atoms with van der Waals surface area (Å²) in [4.78, 5) is 27.1. The van der Waals surface area contributed by atoms with Crippen molar-refractivity contribution in [3.63, 3.8) is 0 Å². The number of hydrogen-bond acceptors (Lipinski definition) is 6. The Kier molecular flexibility index (Phi) is 7.16. The first-order valence-electron chi connectivity index (χ1n) is 9.23. The molecule has 2 atom stereocenters. The summed E-state index contributed by atoms with van der Waals surface area (Å²) in [6.45, 7) is 4.87. The first-order valence-corrected chi connectivity index (χ1v) is 10.1. The standard InChI is InChI=1S/C17H20N2O3S.C2HF3O2/c20-17(15-4-1-6-21-15)19-5-7-22-16-12-18(9-13(16)10-19)11-14-3-2-8-23-14;3-2(4,5)1(6)7/h1-4,6,8,13,16H,5,7,9-12H2;(H,6,7)/t13-,16-;/m1./s1. The number of amides is 1. The number of carbonyl (C=O) groups is 2. The van der Waals surface area contributed by atoms with Crippen molar-refractivity contribution in [3.8, 4) is 0 Å². The molecule has 0 aromatic carbocycles. The van der Waals surface area contributed by atoms with E-state index in [4.69, 9.17) is 19.1 Å². The number of nitrogens with zero attached hydrogens (tertiary/aromatic N) is 2. The van der Waals surface area contributed by atoms with Crippen molar-refractivity contribution in [1.29, 1.82) is 0 Å². The largest absolute Gasteiger partial charge is 0.490 e. The minimum Gasteiger partial charge on any atom is -0.475 e. The monoisotopic (exact) mass is 446 g/mol. The van der Waals surface area contributed by atoms with E-state index in [0.29, 0.717) is 24.8 Å². The number of rotatable bonds is 3. The van der Waals surface area contributed by atoms with Crippen LogP contribution >= 0.6 is 11.3 Å². The zero-order valence-electron chi connectivity index (χ0n) is 15.9. The normalized spacial score (nSPS) is 22.0. The first-order chi connectivity index (χ1) is 14.2. The maximum absolute atomic E-state index is 12.5. The highest BCUT2D eigenvalue weighted by molar-refractivity contribution is 7.09. The summed E-state index contributed by atoms with van der Waals surface area (Å²) >= 11 is 1.79. The van der Waals surface area contributed by atoms with E-state index in [-0.39, 0.29) is 12.0 Å². The van der Waals surface area contributed by atoms with E-state index >= 15 is 0 Å². The number of carboxylic acids is 1. The van der Waals surface area contributed by atoms with Gasteiger partial charge in [-0.3, -0.25) is 9.69 Å². The summed E-state index contributed by atoms with van der Waals surface area (Å²) in [6, 6.07) is 7.74. The molecule has 2 aliphatic rings. The van der Waals surface area contributed by atoms with Crippen LogP contribution in [-0.4, -0.2) is 71.8 Å². The van der Waals surface area contributed by atoms with Crippen molar-refractivity contribution in [2.24, 2.45) is 5.92 Å². The molecule has 7 nitrogen and oxygen atoms in total. The average molecular weight is 446 g/mol. The summed E-state index contributed by atoms with van der Waals surface area (Å²) in [6.07, 6.45) is -3.31. The fourth-order valence-electron chi connectivity index (χ4n) is 3.47. The van der Waals surface area contributed by atoms with Gasteiger partial charge in [-0.25, -0.2) is 4.79 Å². The molecule has 11 heteroatoms. The Morgan fingerprint density at radius 1 is 1.20 bits per heavy atom. The number of thiophene rings is 1. The zero-order valence-corrected chi connectivity index (χ0v) is 16.7. The van der Waals surface area contributed by atoms with Crippen molar-refractivity contribution >= 4 is 23.2 Å². The summed E-state index contributed by atoms with van der Waals surface area (Å²) in [5.41, 5.74) is 0. The van der Waals surface area contributed by atoms with Crippen LogP contribution in [0.1, 0.15) is 15.4 Å². The highest BCUT2D eigenvalue weighted by Gasteiger charge is 2.39. The lowest BCUT2D eigenvalue weighted by atomic mass is 10.1. The zero-order chi connectivity index (χ0) is 21.7. The van der Waals surface area contributed by atoms with E-state index in [1.165, 1.54) is 4.88 Å². The molecule has 0 radical (unpaired) electrons. The van der Waals surface area contributed by atoms with Crippen LogP contribution in [0.3, 0.4) is 0 Å². The molecule has 2 aromatic rings. The quantitative estimate of drug-likeness (QED) is 0.781. The third-order valence-electron chi connectivity index (χ3n) is 4.83. The molecule has 0 aliphatic carbocycles. The smallest absolute Gasteiger partial charge is 0.475 e. The van der Waals surface area contributed by atoms with Crippen LogP contribution in [0.4, 0.5) is 13.2 Å². The van der Waals surface area contributed by atoms with Crippen LogP contribution in [0.2, 0.25) is 0 Å². The van der Waals surface area contributed by atoms with E-state index in [2.05, 4.69) is 22.4 Å². The second kappa shape index (κ2) is 9.63. The fourth-order valence-corrected chi connectivity index (χ4v) is 4.22. The molecule has 0 unspecified atom stereocenters. The minimum absolute atomic E-state index is 0.0315. The maximum atomic E-state index is 12.5. The van der Waals surface area contributed by atoms with Gasteiger partial charge in [-0.2, -0.15) is 13.2 Å². The third-order valence-corrected chi connectivity index (χ3v) is 5.69. The Balaban J connectivity index is 0.000000318. The minimum atomic E-state index is -5.08. The predicted molar refractivity (Wildman–Crippen MR) is 101 cm³/mol. The molecule has 0 bridgehead atoms. The summed E-state index contributed by atoms with van der Waals surface area (Å²) in [7, 11) is 0. The van der Waals surface area contributed by atoms with Crippen molar-refractivity contribution in [2.45, 2.75) is 18.8 Å². The lowest BCUT2D eigenvalue weighted by Gasteiger charge is -2.22. The Morgan fingerprint density at radius 2 is 1.97 bits per heavy atom. The number of hydrogen-bond donors (Lipinski definition) is 1. The Morgan fingerprint density at radius 3 is 2.57 bits per heavy atom. The van der Waals surface area contributed by atoms with Crippen molar-refractivity contribution in [3.05, 3.63) is 46.5 Å². The number of furan rings is 1. The number of carbonyl (C=O) groups excluding carboxylic acids is 1. The second-order valence-electron chi connectivity index (χ2n) is 6.97. The number of carboxylic acid groups (broad SMARTS) is 1. The molecule has 1 N–H and O–H groups in total. The van der Waals surface area contributed by atoms with E-state index in [0.717, 1.165) is 26.2 Å². The van der Waals surface area contributed by atoms with E-state index < -0.39 is 12.1 Å². The number of ether oxygens (including phenoxy) is 1. The van der Waals surface area contributed by atoms with Crippen LogP contribution in [-0.2, 0) is 16.1 Å². The van der Waals surface area contributed by atoms with Gasteiger partial charge in [-0.15, -0.1) is 11.3 Å². The summed E-state index contributed by atoms with van der Waals surface area (Å²) < 4.78 is 43.0. The van der Waals surface area contributed by atoms with Crippen LogP contribution in [0, 0.1) is 5.92 Å². The van der Waals surface area contributed by atoms with Crippen LogP contribution in [0.5, 0.6) is 0 Å². The molecule has 2 saturated heterocycles. The molecule has 4 rings (SSSR count). The highest BCUT2D eigenvalue weighted by Crippen LogP contribution is 2.26. The molecule has 1 amide bonds. The van der Waals surface area contributed by atoms with E-state index in [1.54, 1.807) is 29.7 Å². The lowest BCUT2D eigenvalue weighted by Crippen LogP contribution is -2.37. The van der Waals surface area contributed by atoms with Gasteiger partial charge in [0.1, 0.15) is 0 Å². The molecule has 0 saturated carbocycles. The maximum Gasteiger partial charge on any atom is 0.490 e. The molecular weight excluding hydrogens is 425 g/mol. The Hall–Kier alpha value is -2.37. The van der Waals surface area contributed by atoms with Crippen LogP contribution in [0.15, 0.2) is 40.3 Å². The molecule has 2 fully saturated rings. The van der Waals surface area contributed by atoms with Gasteiger partial charge in [0, 0.05) is 43.5 Å². The number of alkyl halides is 3. The molecule has 4 heterocycles. The average Bonchev–Trinajstić information content (AvgIpc) is 3.42. The molecule has 2 aromatic heterocycles. The van der Waals surface area contributed by atoms with Gasteiger partial charge >= 0.3 is 12.1 Å². The van der Waals surface area contributed by atoms with Crippen molar-refractivity contribution in [1.82, 2.24) is 9.80 Å². The molecule has 30 heavy (non-hydrogen) atoms. The van der Waals surface area contributed by atoms with Gasteiger partial charge in [0.2, 0.25) is 0 Å². The second-order valence-corrected chi connectivity index (χ2v) is 8.01. The molecule has 164 valence electrons. The summed E-state index contributed by atoms with van der Waals surface area (Å²) in [5, 5.41) is 9.24.